The Kier molecular flexibility index (Phi) is 5.67. The quantitative estimate of drug-likeness (QED) is 0.374. The van der Waals surface area contributed by atoms with Crippen LogP contribution in [-0.4, -0.2) is 39.4 Å². The molecule has 7 heteroatoms. The van der Waals surface area contributed by atoms with Crippen LogP contribution in [0.2, 0.25) is 0 Å². The number of hydrogen-bond acceptors (Lipinski definition) is 5. The van der Waals surface area contributed by atoms with E-state index in [9.17, 15) is 4.79 Å². The second-order valence-electron chi connectivity index (χ2n) is 6.82. The molecule has 4 aromatic rings. The van der Waals surface area contributed by atoms with Crippen molar-refractivity contribution in [2.24, 2.45) is 0 Å². The summed E-state index contributed by atoms with van der Waals surface area (Å²) in [5.74, 6) is 1.02. The number of carbonyl (C=O) groups excluding carboxylic acids is 1. The lowest BCUT2D eigenvalue weighted by molar-refractivity contribution is -0.118. The van der Waals surface area contributed by atoms with Gasteiger partial charge in [-0.25, -0.2) is 0 Å². The average Bonchev–Trinajstić information content (AvgIpc) is 3.13. The van der Waals surface area contributed by atoms with Crippen molar-refractivity contribution in [3.63, 3.8) is 0 Å². The van der Waals surface area contributed by atoms with Gasteiger partial charge in [0, 0.05) is 5.39 Å². The second-order valence-corrected chi connectivity index (χ2v) is 7.77. The molecule has 0 atom stereocenters. The number of nitrogens with one attached hydrogen (secondary N) is 1. The Morgan fingerprint density at radius 2 is 1.97 bits per heavy atom. The van der Waals surface area contributed by atoms with Crippen LogP contribution in [0.5, 0.6) is 5.75 Å². The molecule has 29 heavy (non-hydrogen) atoms. The third-order valence-electron chi connectivity index (χ3n) is 4.59. The fraction of sp³-hybridized carbons (Fsp3) is 0.227. The van der Waals surface area contributed by atoms with Crippen LogP contribution in [0.3, 0.4) is 0 Å². The van der Waals surface area contributed by atoms with Crippen LogP contribution < -0.4 is 10.1 Å². The normalized spacial score (nSPS) is 11.1. The highest BCUT2D eigenvalue weighted by Crippen LogP contribution is 2.25. The minimum absolute atomic E-state index is 0.0593. The van der Waals surface area contributed by atoms with E-state index in [-0.39, 0.29) is 11.7 Å². The van der Waals surface area contributed by atoms with Gasteiger partial charge in [0.2, 0.25) is 5.91 Å². The number of pyridine rings is 1. The van der Waals surface area contributed by atoms with Gasteiger partial charge in [0.1, 0.15) is 12.4 Å². The Bertz CT molecular complexity index is 1170. The van der Waals surface area contributed by atoms with Gasteiger partial charge < -0.3 is 10.1 Å². The molecule has 1 N–H and O–H groups in total. The first-order valence-corrected chi connectivity index (χ1v) is 10.4. The van der Waals surface area contributed by atoms with Crippen molar-refractivity contribution in [1.29, 1.82) is 0 Å². The summed E-state index contributed by atoms with van der Waals surface area (Å²) in [6.45, 7) is 4.97. The molecule has 0 aliphatic heterocycles. The van der Waals surface area contributed by atoms with E-state index in [2.05, 4.69) is 28.5 Å². The fourth-order valence-electron chi connectivity index (χ4n) is 3.21. The molecule has 2 heterocycles. The fourth-order valence-corrected chi connectivity index (χ4v) is 4.00. The van der Waals surface area contributed by atoms with E-state index < -0.39 is 0 Å². The molecule has 0 bridgehead atoms. The van der Waals surface area contributed by atoms with Crippen LogP contribution in [0.25, 0.3) is 16.6 Å². The van der Waals surface area contributed by atoms with Gasteiger partial charge in [-0.15, -0.1) is 10.2 Å². The van der Waals surface area contributed by atoms with Gasteiger partial charge in [-0.1, -0.05) is 42.1 Å². The Morgan fingerprint density at radius 3 is 2.83 bits per heavy atom. The molecular formula is C22H22N4O2S. The highest BCUT2D eigenvalue weighted by atomic mass is 32.2. The average molecular weight is 407 g/mol. The number of aromatic nitrogens is 3. The van der Waals surface area contributed by atoms with Crippen LogP contribution in [0.15, 0.2) is 59.8 Å². The van der Waals surface area contributed by atoms with Gasteiger partial charge in [-0.3, -0.25) is 9.20 Å². The number of fused-ring (bicyclic) bond motifs is 3. The van der Waals surface area contributed by atoms with E-state index in [1.165, 1.54) is 11.8 Å². The van der Waals surface area contributed by atoms with Crippen molar-refractivity contribution in [2.75, 3.05) is 18.9 Å². The number of nitrogens with zero attached hydrogens (tertiary/aromatic N) is 3. The van der Waals surface area contributed by atoms with E-state index in [1.807, 2.05) is 59.9 Å². The molecule has 6 nitrogen and oxygen atoms in total. The third kappa shape index (κ3) is 4.35. The van der Waals surface area contributed by atoms with Crippen molar-refractivity contribution in [3.05, 3.63) is 65.7 Å². The number of ether oxygens (including phenoxy) is 1. The molecule has 4 rings (SSSR count). The minimum atomic E-state index is -0.0593. The summed E-state index contributed by atoms with van der Waals surface area (Å²) in [5.41, 5.74) is 4.13. The van der Waals surface area contributed by atoms with Crippen molar-refractivity contribution < 1.29 is 9.53 Å². The van der Waals surface area contributed by atoms with Crippen LogP contribution in [0.4, 0.5) is 0 Å². The maximum atomic E-state index is 12.2. The number of benzene rings is 2. The first-order valence-electron chi connectivity index (χ1n) is 9.44. The zero-order valence-corrected chi connectivity index (χ0v) is 17.2. The molecule has 0 aliphatic carbocycles. The zero-order chi connectivity index (χ0) is 20.2. The predicted molar refractivity (Wildman–Crippen MR) is 116 cm³/mol. The van der Waals surface area contributed by atoms with E-state index in [0.29, 0.717) is 18.3 Å². The Morgan fingerprint density at radius 1 is 1.10 bits per heavy atom. The number of para-hydroxylation sites is 1. The highest BCUT2D eigenvalue weighted by Gasteiger charge is 2.13. The van der Waals surface area contributed by atoms with E-state index in [0.717, 1.165) is 33.4 Å². The minimum Gasteiger partial charge on any atom is -0.492 e. The monoisotopic (exact) mass is 406 g/mol. The standard InChI is InChI=1S/C22H22N4O2S/c1-15-6-5-7-17(12-15)28-11-10-23-21(27)14-29-22-25-24-20-13-16(2)18-8-3-4-9-19(18)26(20)22/h3-9,12-13H,10-11,14H2,1-2H3,(H,23,27). The van der Waals surface area contributed by atoms with Crippen LogP contribution in [0.1, 0.15) is 11.1 Å². The number of thioether (sulfide) groups is 1. The topological polar surface area (TPSA) is 68.5 Å². The maximum Gasteiger partial charge on any atom is 0.230 e. The summed E-state index contributed by atoms with van der Waals surface area (Å²) in [5, 5.41) is 13.3. The molecule has 0 saturated heterocycles. The predicted octanol–water partition coefficient (Wildman–Crippen LogP) is 3.79. The van der Waals surface area contributed by atoms with E-state index in [1.54, 1.807) is 0 Å². The summed E-state index contributed by atoms with van der Waals surface area (Å²) >= 11 is 1.38. The number of aryl methyl sites for hydroxylation is 2. The summed E-state index contributed by atoms with van der Waals surface area (Å²) in [6.07, 6.45) is 0. The van der Waals surface area contributed by atoms with Gasteiger partial charge >= 0.3 is 0 Å². The van der Waals surface area contributed by atoms with Crippen LogP contribution in [0, 0.1) is 13.8 Å². The molecule has 0 saturated carbocycles. The van der Waals surface area contributed by atoms with Crippen LogP contribution >= 0.6 is 11.8 Å². The third-order valence-corrected chi connectivity index (χ3v) is 5.52. The van der Waals surface area contributed by atoms with Crippen molar-refractivity contribution in [1.82, 2.24) is 19.9 Å². The Labute approximate surface area is 173 Å². The molecule has 1 amide bonds. The van der Waals surface area contributed by atoms with Gasteiger partial charge in [0.15, 0.2) is 10.8 Å². The van der Waals surface area contributed by atoms with Crippen molar-refractivity contribution in [3.8, 4) is 5.75 Å². The van der Waals surface area contributed by atoms with Crippen molar-refractivity contribution in [2.45, 2.75) is 19.0 Å². The number of amides is 1. The van der Waals surface area contributed by atoms with Crippen molar-refractivity contribution >= 4 is 34.2 Å². The van der Waals surface area contributed by atoms with Crippen LogP contribution in [-0.2, 0) is 4.79 Å². The zero-order valence-electron chi connectivity index (χ0n) is 16.4. The molecular weight excluding hydrogens is 384 g/mol. The van der Waals surface area contributed by atoms with Gasteiger partial charge in [-0.05, 0) is 49.2 Å². The SMILES string of the molecule is Cc1cccc(OCCNC(=O)CSc2nnc3cc(C)c4ccccc4n23)c1. The lowest BCUT2D eigenvalue weighted by atomic mass is 10.1. The molecule has 2 aromatic heterocycles. The Balaban J connectivity index is 1.35. The van der Waals surface area contributed by atoms with Gasteiger partial charge in [0.05, 0.1) is 17.8 Å². The lowest BCUT2D eigenvalue weighted by Crippen LogP contribution is -2.29. The molecule has 148 valence electrons. The number of carbonyl (C=O) groups is 1. The summed E-state index contributed by atoms with van der Waals surface area (Å²) < 4.78 is 7.66. The van der Waals surface area contributed by atoms with E-state index >= 15 is 0 Å². The molecule has 0 fully saturated rings. The molecule has 0 aliphatic rings. The highest BCUT2D eigenvalue weighted by molar-refractivity contribution is 7.99. The molecule has 0 unspecified atom stereocenters. The second kappa shape index (κ2) is 8.53. The number of rotatable bonds is 7. The smallest absolute Gasteiger partial charge is 0.230 e. The molecule has 0 radical (unpaired) electrons. The summed E-state index contributed by atoms with van der Waals surface area (Å²) in [7, 11) is 0. The molecule has 0 spiro atoms. The maximum absolute atomic E-state index is 12.2. The van der Waals surface area contributed by atoms with Gasteiger partial charge in [0.25, 0.3) is 0 Å². The Hall–Kier alpha value is -3.06. The first-order chi connectivity index (χ1) is 14.1. The molecule has 2 aromatic carbocycles. The van der Waals surface area contributed by atoms with Gasteiger partial charge in [-0.2, -0.15) is 0 Å². The summed E-state index contributed by atoms with van der Waals surface area (Å²) in [6, 6.07) is 18.0. The lowest BCUT2D eigenvalue weighted by Gasteiger charge is -2.09. The summed E-state index contributed by atoms with van der Waals surface area (Å²) in [4.78, 5) is 12.2. The first kappa shape index (κ1) is 19.3. The van der Waals surface area contributed by atoms with E-state index in [4.69, 9.17) is 4.74 Å². The largest absolute Gasteiger partial charge is 0.492 e. The number of hydrogen-bond donors (Lipinski definition) is 1.